The number of anilines is 1. The summed E-state index contributed by atoms with van der Waals surface area (Å²) in [5, 5.41) is 10.3. The van der Waals surface area contributed by atoms with Crippen molar-refractivity contribution < 1.29 is 5.11 Å². The van der Waals surface area contributed by atoms with E-state index < -0.39 is 0 Å². The van der Waals surface area contributed by atoms with Crippen molar-refractivity contribution in [2.75, 3.05) is 18.0 Å². The molecule has 0 aliphatic carbocycles. The Kier molecular flexibility index (Phi) is 3.61. The lowest BCUT2D eigenvalue weighted by atomic mass is 9.92. The number of hydrogen-bond donors (Lipinski definition) is 1. The maximum Gasteiger partial charge on any atom is 0.134 e. The van der Waals surface area contributed by atoms with Gasteiger partial charge in [0.05, 0.1) is 6.10 Å². The van der Waals surface area contributed by atoms with Gasteiger partial charge in [-0.2, -0.15) is 0 Å². The van der Waals surface area contributed by atoms with Crippen molar-refractivity contribution in [3.8, 4) is 0 Å². The van der Waals surface area contributed by atoms with Crippen LogP contribution in [0.25, 0.3) is 0 Å². The number of piperidine rings is 1. The lowest BCUT2D eigenvalue weighted by Crippen LogP contribution is -2.43. The van der Waals surface area contributed by atoms with Crippen LogP contribution in [-0.4, -0.2) is 34.3 Å². The van der Waals surface area contributed by atoms with Crippen molar-refractivity contribution in [1.82, 2.24) is 9.97 Å². The van der Waals surface area contributed by atoms with Crippen LogP contribution in [0, 0.1) is 5.92 Å². The lowest BCUT2D eigenvalue weighted by Gasteiger charge is -2.36. The molecule has 1 aromatic rings. The standard InChI is InChI=1S/C11H16ClN3O/c1-2-8-6-15(4-3-9(8)16)11-5-10(12)13-7-14-11/h5,7-9,16H,2-4,6H2,1H3/t8-,9+/m1/s1. The highest BCUT2D eigenvalue weighted by Crippen LogP contribution is 2.24. The normalized spacial score (nSPS) is 25.8. The highest BCUT2D eigenvalue weighted by Gasteiger charge is 2.27. The van der Waals surface area contributed by atoms with Crippen LogP contribution in [0.1, 0.15) is 19.8 Å². The van der Waals surface area contributed by atoms with Crippen LogP contribution in [0.5, 0.6) is 0 Å². The van der Waals surface area contributed by atoms with Crippen LogP contribution in [-0.2, 0) is 0 Å². The third-order valence-electron chi connectivity index (χ3n) is 3.16. The van der Waals surface area contributed by atoms with E-state index in [1.807, 2.05) is 0 Å². The molecular formula is C11H16ClN3O. The molecule has 1 fully saturated rings. The Morgan fingerprint density at radius 3 is 3.06 bits per heavy atom. The van der Waals surface area contributed by atoms with Crippen LogP contribution in [0.15, 0.2) is 12.4 Å². The van der Waals surface area contributed by atoms with Crippen molar-refractivity contribution in [2.24, 2.45) is 5.92 Å². The molecule has 2 atom stereocenters. The zero-order valence-corrected chi connectivity index (χ0v) is 10.1. The van der Waals surface area contributed by atoms with Crippen molar-refractivity contribution in [3.05, 3.63) is 17.5 Å². The zero-order valence-electron chi connectivity index (χ0n) is 9.30. The van der Waals surface area contributed by atoms with Gasteiger partial charge in [-0.25, -0.2) is 9.97 Å². The zero-order chi connectivity index (χ0) is 11.5. The molecule has 0 saturated carbocycles. The summed E-state index contributed by atoms with van der Waals surface area (Å²) in [6, 6.07) is 1.77. The molecule has 2 heterocycles. The molecule has 1 N–H and O–H groups in total. The van der Waals surface area contributed by atoms with Crippen LogP contribution < -0.4 is 4.90 Å². The van der Waals surface area contributed by atoms with E-state index >= 15 is 0 Å². The maximum atomic E-state index is 9.80. The number of halogens is 1. The van der Waals surface area contributed by atoms with E-state index in [9.17, 15) is 5.11 Å². The van der Waals surface area contributed by atoms with Crippen LogP contribution in [0.4, 0.5) is 5.82 Å². The Balaban J connectivity index is 2.11. The van der Waals surface area contributed by atoms with Gasteiger partial charge in [0.15, 0.2) is 0 Å². The predicted octanol–water partition coefficient (Wildman–Crippen LogP) is 1.73. The molecule has 0 spiro atoms. The predicted molar refractivity (Wildman–Crippen MR) is 63.7 cm³/mol. The van der Waals surface area contributed by atoms with Crippen molar-refractivity contribution in [3.63, 3.8) is 0 Å². The van der Waals surface area contributed by atoms with Gasteiger partial charge < -0.3 is 10.0 Å². The Morgan fingerprint density at radius 1 is 1.56 bits per heavy atom. The molecular weight excluding hydrogens is 226 g/mol. The number of rotatable bonds is 2. The van der Waals surface area contributed by atoms with E-state index in [2.05, 4.69) is 21.8 Å². The molecule has 1 aliphatic heterocycles. The van der Waals surface area contributed by atoms with Gasteiger partial charge in [-0.1, -0.05) is 18.5 Å². The summed E-state index contributed by atoms with van der Waals surface area (Å²) in [5.41, 5.74) is 0. The molecule has 0 radical (unpaired) electrons. The molecule has 0 aromatic carbocycles. The minimum Gasteiger partial charge on any atom is -0.393 e. The molecule has 0 amide bonds. The highest BCUT2D eigenvalue weighted by atomic mass is 35.5. The molecule has 4 nitrogen and oxygen atoms in total. The second-order valence-electron chi connectivity index (χ2n) is 4.17. The van der Waals surface area contributed by atoms with Crippen LogP contribution in [0.2, 0.25) is 5.15 Å². The highest BCUT2D eigenvalue weighted by molar-refractivity contribution is 6.29. The summed E-state index contributed by atoms with van der Waals surface area (Å²) in [6.07, 6.45) is 3.07. The van der Waals surface area contributed by atoms with Crippen molar-refractivity contribution >= 4 is 17.4 Å². The Labute approximate surface area is 100 Å². The largest absolute Gasteiger partial charge is 0.393 e. The first-order valence-corrected chi connectivity index (χ1v) is 5.99. The lowest BCUT2D eigenvalue weighted by molar-refractivity contribution is 0.0858. The summed E-state index contributed by atoms with van der Waals surface area (Å²) in [4.78, 5) is 10.2. The molecule has 16 heavy (non-hydrogen) atoms. The Hall–Kier alpha value is -0.870. The molecule has 1 aliphatic rings. The second kappa shape index (κ2) is 4.97. The van der Waals surface area contributed by atoms with Gasteiger partial charge in [0.25, 0.3) is 0 Å². The summed E-state index contributed by atoms with van der Waals surface area (Å²) >= 11 is 5.84. The molecule has 2 rings (SSSR count). The third kappa shape index (κ3) is 2.44. The SMILES string of the molecule is CC[C@@H]1CN(c2cc(Cl)ncn2)CC[C@@H]1O. The fraction of sp³-hybridized carbons (Fsp3) is 0.636. The second-order valence-corrected chi connectivity index (χ2v) is 4.56. The van der Waals surface area contributed by atoms with Gasteiger partial charge >= 0.3 is 0 Å². The third-order valence-corrected chi connectivity index (χ3v) is 3.37. The first-order chi connectivity index (χ1) is 7.70. The number of hydrogen-bond acceptors (Lipinski definition) is 4. The minimum atomic E-state index is -0.182. The van der Waals surface area contributed by atoms with Crippen LogP contribution >= 0.6 is 11.6 Å². The smallest absolute Gasteiger partial charge is 0.134 e. The van der Waals surface area contributed by atoms with Gasteiger partial charge in [-0.05, 0) is 12.8 Å². The first-order valence-electron chi connectivity index (χ1n) is 5.61. The summed E-state index contributed by atoms with van der Waals surface area (Å²) in [7, 11) is 0. The fourth-order valence-corrected chi connectivity index (χ4v) is 2.27. The van der Waals surface area contributed by atoms with E-state index in [-0.39, 0.29) is 6.10 Å². The quantitative estimate of drug-likeness (QED) is 0.802. The molecule has 88 valence electrons. The molecule has 1 saturated heterocycles. The van der Waals surface area contributed by atoms with Crippen molar-refractivity contribution in [2.45, 2.75) is 25.9 Å². The van der Waals surface area contributed by atoms with Gasteiger partial charge in [0.1, 0.15) is 17.3 Å². The fourth-order valence-electron chi connectivity index (χ4n) is 2.13. The Bertz CT molecular complexity index is 361. The van der Waals surface area contributed by atoms with Crippen LogP contribution in [0.3, 0.4) is 0 Å². The van der Waals surface area contributed by atoms with E-state index in [0.29, 0.717) is 11.1 Å². The topological polar surface area (TPSA) is 49.2 Å². The number of aromatic nitrogens is 2. The van der Waals surface area contributed by atoms with Gasteiger partial charge in [-0.3, -0.25) is 0 Å². The monoisotopic (exact) mass is 241 g/mol. The molecule has 5 heteroatoms. The minimum absolute atomic E-state index is 0.182. The summed E-state index contributed by atoms with van der Waals surface area (Å²) in [5.74, 6) is 1.17. The number of aliphatic hydroxyl groups is 1. The average molecular weight is 242 g/mol. The molecule has 0 unspecified atom stereocenters. The van der Waals surface area contributed by atoms with E-state index in [4.69, 9.17) is 11.6 Å². The van der Waals surface area contributed by atoms with E-state index in [1.165, 1.54) is 6.33 Å². The van der Waals surface area contributed by atoms with Gasteiger partial charge in [-0.15, -0.1) is 0 Å². The first kappa shape index (κ1) is 11.6. The van der Waals surface area contributed by atoms with E-state index in [1.54, 1.807) is 6.07 Å². The number of aliphatic hydroxyl groups excluding tert-OH is 1. The van der Waals surface area contributed by atoms with Gasteiger partial charge in [0, 0.05) is 25.1 Å². The average Bonchev–Trinajstić information content (AvgIpc) is 2.29. The molecule has 0 bridgehead atoms. The molecule has 1 aromatic heterocycles. The summed E-state index contributed by atoms with van der Waals surface area (Å²) in [6.45, 7) is 3.76. The van der Waals surface area contributed by atoms with Gasteiger partial charge in [0.2, 0.25) is 0 Å². The maximum absolute atomic E-state index is 9.80. The van der Waals surface area contributed by atoms with Crippen molar-refractivity contribution in [1.29, 1.82) is 0 Å². The summed E-state index contributed by atoms with van der Waals surface area (Å²) < 4.78 is 0. The van der Waals surface area contributed by atoms with E-state index in [0.717, 1.165) is 31.7 Å². The number of nitrogens with zero attached hydrogens (tertiary/aromatic N) is 3. The Morgan fingerprint density at radius 2 is 2.38 bits per heavy atom.